The van der Waals surface area contributed by atoms with E-state index in [1.807, 2.05) is 5.10 Å². The summed E-state index contributed by atoms with van der Waals surface area (Å²) in [5.41, 5.74) is 1.09. The van der Waals surface area contributed by atoms with Crippen molar-refractivity contribution < 1.29 is 22.4 Å². The summed E-state index contributed by atoms with van der Waals surface area (Å²) in [6.07, 6.45) is -4.08. The quantitative estimate of drug-likeness (QED) is 0.661. The van der Waals surface area contributed by atoms with Gasteiger partial charge in [-0.15, -0.1) is 0 Å². The van der Waals surface area contributed by atoms with E-state index in [-0.39, 0.29) is 18.1 Å². The molecule has 0 radical (unpaired) electrons. The van der Waals surface area contributed by atoms with E-state index in [9.17, 15) is 22.4 Å². The highest BCUT2D eigenvalue weighted by atomic mass is 19.4. The highest BCUT2D eigenvalue weighted by molar-refractivity contribution is 5.93. The number of hydrogen-bond acceptors (Lipinski definition) is 2. The molecule has 4 rings (SSSR count). The van der Waals surface area contributed by atoms with Crippen LogP contribution in [0, 0.1) is 5.82 Å². The Morgan fingerprint density at radius 3 is 2.76 bits per heavy atom. The Morgan fingerprint density at radius 2 is 2.04 bits per heavy atom. The van der Waals surface area contributed by atoms with Crippen LogP contribution in [0.2, 0.25) is 0 Å². The van der Waals surface area contributed by atoms with Gasteiger partial charge in [-0.05, 0) is 18.2 Å². The average molecular weight is 352 g/mol. The fraction of sp³-hybridized carbons (Fsp3) is 0.250. The van der Waals surface area contributed by atoms with Crippen LogP contribution in [-0.4, -0.2) is 32.5 Å². The Hall–Kier alpha value is -2.84. The van der Waals surface area contributed by atoms with Gasteiger partial charge in [0.1, 0.15) is 11.5 Å². The van der Waals surface area contributed by atoms with Gasteiger partial charge in [-0.3, -0.25) is 9.89 Å². The van der Waals surface area contributed by atoms with Crippen molar-refractivity contribution in [2.45, 2.75) is 19.1 Å². The summed E-state index contributed by atoms with van der Waals surface area (Å²) in [6, 6.07) is 5.05. The van der Waals surface area contributed by atoms with Crippen LogP contribution in [0.1, 0.15) is 27.4 Å². The van der Waals surface area contributed by atoms with Crippen molar-refractivity contribution >= 4 is 16.8 Å². The maximum absolute atomic E-state index is 13.5. The number of nitrogens with one attached hydrogen (secondary N) is 2. The molecule has 25 heavy (non-hydrogen) atoms. The van der Waals surface area contributed by atoms with Gasteiger partial charge < -0.3 is 9.88 Å². The fourth-order valence-corrected chi connectivity index (χ4v) is 3.10. The number of carbonyl (C=O) groups excluding carboxylic acids is 1. The number of benzene rings is 1. The fourth-order valence-electron chi connectivity index (χ4n) is 3.10. The summed E-state index contributed by atoms with van der Waals surface area (Å²) in [7, 11) is 0. The molecule has 0 aliphatic carbocycles. The van der Waals surface area contributed by atoms with E-state index in [0.29, 0.717) is 24.4 Å². The van der Waals surface area contributed by atoms with Gasteiger partial charge in [-0.25, -0.2) is 4.39 Å². The van der Waals surface area contributed by atoms with Crippen molar-refractivity contribution in [3.63, 3.8) is 0 Å². The van der Waals surface area contributed by atoms with Gasteiger partial charge in [0, 0.05) is 47.7 Å². The van der Waals surface area contributed by atoms with Crippen LogP contribution >= 0.6 is 0 Å². The Bertz CT molecular complexity index is 972. The Morgan fingerprint density at radius 1 is 1.24 bits per heavy atom. The molecular weight excluding hydrogens is 340 g/mol. The van der Waals surface area contributed by atoms with Crippen LogP contribution in [0.5, 0.6) is 0 Å². The Labute approximate surface area is 138 Å². The van der Waals surface area contributed by atoms with E-state index in [0.717, 1.165) is 16.8 Å². The summed E-state index contributed by atoms with van der Waals surface area (Å²) < 4.78 is 51.4. The number of amides is 1. The number of nitrogens with zero attached hydrogens (tertiary/aromatic N) is 2. The molecule has 2 aromatic heterocycles. The number of aromatic amines is 2. The summed E-state index contributed by atoms with van der Waals surface area (Å²) in [4.78, 5) is 17.1. The molecule has 0 atom stereocenters. The first kappa shape index (κ1) is 15.7. The largest absolute Gasteiger partial charge is 0.432 e. The van der Waals surface area contributed by atoms with Crippen molar-refractivity contribution in [2.75, 3.05) is 6.54 Å². The van der Waals surface area contributed by atoms with Gasteiger partial charge in [0.2, 0.25) is 0 Å². The minimum Gasteiger partial charge on any atom is -0.358 e. The van der Waals surface area contributed by atoms with Gasteiger partial charge >= 0.3 is 6.18 Å². The van der Waals surface area contributed by atoms with Crippen LogP contribution in [0.4, 0.5) is 17.6 Å². The lowest BCUT2D eigenvalue weighted by atomic mass is 10.0. The van der Waals surface area contributed by atoms with E-state index >= 15 is 0 Å². The minimum atomic E-state index is -4.59. The molecule has 9 heteroatoms. The first-order valence-electron chi connectivity index (χ1n) is 7.54. The zero-order valence-corrected chi connectivity index (χ0v) is 12.7. The molecule has 0 saturated carbocycles. The second kappa shape index (κ2) is 5.33. The van der Waals surface area contributed by atoms with E-state index < -0.39 is 17.8 Å². The molecule has 130 valence electrons. The third kappa shape index (κ3) is 2.65. The lowest BCUT2D eigenvalue weighted by molar-refractivity contribution is -0.141. The maximum Gasteiger partial charge on any atom is 0.432 e. The van der Waals surface area contributed by atoms with Gasteiger partial charge in [0.25, 0.3) is 5.91 Å². The van der Waals surface area contributed by atoms with Gasteiger partial charge in [-0.2, -0.15) is 18.3 Å². The van der Waals surface area contributed by atoms with E-state index in [1.165, 1.54) is 17.0 Å². The Kier molecular flexibility index (Phi) is 3.34. The third-order valence-corrected chi connectivity index (χ3v) is 4.33. The van der Waals surface area contributed by atoms with E-state index in [2.05, 4.69) is 10.1 Å². The van der Waals surface area contributed by atoms with E-state index in [1.54, 1.807) is 6.07 Å². The standard InChI is InChI=1S/C16H12F4N4O/c17-8-1-2-11-9(5-8)10-7-24(4-3-12(10)21-11)15(25)13-6-14(23-22-13)16(18,19)20/h1-2,5-6,21H,3-4,7H2,(H,22,23). The average Bonchev–Trinajstić information content (AvgIpc) is 3.18. The molecule has 3 aromatic rings. The molecule has 2 N–H and O–H groups in total. The SMILES string of the molecule is O=C(c1cc(C(F)(F)F)[nH]n1)N1CCc2[nH]c3ccc(F)cc3c2C1. The van der Waals surface area contributed by atoms with Gasteiger partial charge in [0.05, 0.1) is 0 Å². The predicted molar refractivity (Wildman–Crippen MR) is 80.3 cm³/mol. The van der Waals surface area contributed by atoms with Crippen molar-refractivity contribution in [3.05, 3.63) is 52.7 Å². The number of aromatic nitrogens is 3. The monoisotopic (exact) mass is 352 g/mol. The predicted octanol–water partition coefficient (Wildman–Crippen LogP) is 3.25. The highest BCUT2D eigenvalue weighted by Gasteiger charge is 2.35. The molecule has 0 saturated heterocycles. The zero-order valence-electron chi connectivity index (χ0n) is 12.7. The molecule has 1 aromatic carbocycles. The van der Waals surface area contributed by atoms with Crippen molar-refractivity contribution in [1.29, 1.82) is 0 Å². The van der Waals surface area contributed by atoms with Gasteiger partial charge in [0.15, 0.2) is 5.69 Å². The molecule has 0 unspecified atom stereocenters. The van der Waals surface area contributed by atoms with Gasteiger partial charge in [-0.1, -0.05) is 0 Å². The number of hydrogen-bond donors (Lipinski definition) is 2. The molecule has 1 aliphatic heterocycles. The smallest absolute Gasteiger partial charge is 0.358 e. The lowest BCUT2D eigenvalue weighted by Gasteiger charge is -2.26. The number of halogens is 4. The third-order valence-electron chi connectivity index (χ3n) is 4.33. The molecule has 0 spiro atoms. The molecular formula is C16H12F4N4O. The molecule has 0 bridgehead atoms. The maximum atomic E-state index is 13.5. The topological polar surface area (TPSA) is 64.8 Å². The summed E-state index contributed by atoms with van der Waals surface area (Å²) in [5.74, 6) is -0.983. The molecule has 0 fully saturated rings. The minimum absolute atomic E-state index is 0.186. The van der Waals surface area contributed by atoms with Crippen molar-refractivity contribution in [2.24, 2.45) is 0 Å². The summed E-state index contributed by atoms with van der Waals surface area (Å²) in [6.45, 7) is 0.529. The van der Waals surface area contributed by atoms with Crippen LogP contribution in [0.25, 0.3) is 10.9 Å². The second-order valence-electron chi connectivity index (χ2n) is 5.91. The zero-order chi connectivity index (χ0) is 17.8. The highest BCUT2D eigenvalue weighted by Crippen LogP contribution is 2.30. The molecule has 1 amide bonds. The number of alkyl halides is 3. The molecule has 5 nitrogen and oxygen atoms in total. The van der Waals surface area contributed by atoms with Crippen LogP contribution in [0.15, 0.2) is 24.3 Å². The normalized spacial score (nSPS) is 14.8. The van der Waals surface area contributed by atoms with Crippen molar-refractivity contribution in [1.82, 2.24) is 20.1 Å². The number of rotatable bonds is 1. The van der Waals surface area contributed by atoms with Crippen LogP contribution in [-0.2, 0) is 19.1 Å². The van der Waals surface area contributed by atoms with Crippen molar-refractivity contribution in [3.8, 4) is 0 Å². The first-order valence-corrected chi connectivity index (χ1v) is 7.54. The first-order chi connectivity index (χ1) is 11.8. The summed E-state index contributed by atoms with van der Waals surface area (Å²) in [5, 5.41) is 5.98. The Balaban J connectivity index is 1.63. The summed E-state index contributed by atoms with van der Waals surface area (Å²) >= 11 is 0. The number of H-pyrrole nitrogens is 2. The molecule has 1 aliphatic rings. The molecule has 3 heterocycles. The number of fused-ring (bicyclic) bond motifs is 3. The van der Waals surface area contributed by atoms with Crippen LogP contribution < -0.4 is 0 Å². The van der Waals surface area contributed by atoms with E-state index in [4.69, 9.17) is 0 Å². The lowest BCUT2D eigenvalue weighted by Crippen LogP contribution is -2.36. The number of carbonyl (C=O) groups is 1. The second-order valence-corrected chi connectivity index (χ2v) is 5.91. The van der Waals surface area contributed by atoms with Crippen LogP contribution in [0.3, 0.4) is 0 Å².